The first kappa shape index (κ1) is 17.2. The number of ether oxygens (including phenoxy) is 1. The largest absolute Gasteiger partial charge is 0.496 e. The van der Waals surface area contributed by atoms with Gasteiger partial charge in [-0.1, -0.05) is 54.6 Å². The third kappa shape index (κ3) is 4.70. The number of carbonyl (C=O) groups excluding carboxylic acids is 1. The predicted molar refractivity (Wildman–Crippen MR) is 102 cm³/mol. The molecule has 0 unspecified atom stereocenters. The lowest BCUT2D eigenvalue weighted by atomic mass is 10.1. The zero-order chi connectivity index (χ0) is 17.5. The van der Waals surface area contributed by atoms with Crippen molar-refractivity contribution in [2.75, 3.05) is 7.11 Å². The van der Waals surface area contributed by atoms with Crippen molar-refractivity contribution in [2.45, 2.75) is 19.5 Å². The molecule has 0 atom stereocenters. The molecule has 0 N–H and O–H groups in total. The van der Waals surface area contributed by atoms with Crippen LogP contribution in [0.1, 0.15) is 16.0 Å². The summed E-state index contributed by atoms with van der Waals surface area (Å²) in [6.45, 7) is 1.15. The quantitative estimate of drug-likeness (QED) is 0.626. The topological polar surface area (TPSA) is 29.5 Å². The highest BCUT2D eigenvalue weighted by Crippen LogP contribution is 2.22. The van der Waals surface area contributed by atoms with E-state index in [2.05, 4.69) is 6.07 Å². The average molecular weight is 351 g/mol. The van der Waals surface area contributed by atoms with Gasteiger partial charge in [-0.3, -0.25) is 4.79 Å². The first-order valence-electron chi connectivity index (χ1n) is 8.22. The summed E-state index contributed by atoms with van der Waals surface area (Å²) in [5.74, 6) is 0.927. The smallest absolute Gasteiger partial charge is 0.227 e. The molecule has 3 nitrogen and oxygen atoms in total. The third-order valence-corrected chi connectivity index (χ3v) is 4.89. The van der Waals surface area contributed by atoms with E-state index in [0.29, 0.717) is 19.5 Å². The maximum absolute atomic E-state index is 12.9. The van der Waals surface area contributed by atoms with Crippen LogP contribution in [0.15, 0.2) is 72.1 Å². The minimum absolute atomic E-state index is 0.116. The van der Waals surface area contributed by atoms with Crippen molar-refractivity contribution in [1.82, 2.24) is 4.90 Å². The van der Waals surface area contributed by atoms with Gasteiger partial charge in [0.15, 0.2) is 0 Å². The molecule has 1 heterocycles. The SMILES string of the molecule is COc1ccccc1CN(Cc1cccs1)C(=O)Cc1ccccc1. The lowest BCUT2D eigenvalue weighted by molar-refractivity contribution is -0.131. The van der Waals surface area contributed by atoms with E-state index in [9.17, 15) is 4.79 Å². The van der Waals surface area contributed by atoms with Gasteiger partial charge in [0.2, 0.25) is 5.91 Å². The summed E-state index contributed by atoms with van der Waals surface area (Å²) in [6.07, 6.45) is 0.404. The number of carbonyl (C=O) groups is 1. The second-order valence-corrected chi connectivity index (χ2v) is 6.84. The Morgan fingerprint density at radius 2 is 1.72 bits per heavy atom. The molecule has 0 spiro atoms. The van der Waals surface area contributed by atoms with Gasteiger partial charge in [-0.25, -0.2) is 0 Å². The number of para-hydroxylation sites is 1. The van der Waals surface area contributed by atoms with Crippen LogP contribution >= 0.6 is 11.3 Å². The molecule has 3 aromatic rings. The molecular formula is C21H21NO2S. The number of hydrogen-bond donors (Lipinski definition) is 0. The summed E-state index contributed by atoms with van der Waals surface area (Å²) in [5.41, 5.74) is 2.05. The number of thiophene rings is 1. The third-order valence-electron chi connectivity index (χ3n) is 4.03. The van der Waals surface area contributed by atoms with Crippen molar-refractivity contribution in [3.05, 3.63) is 88.1 Å². The minimum Gasteiger partial charge on any atom is -0.496 e. The molecule has 1 amide bonds. The molecule has 0 fully saturated rings. The monoisotopic (exact) mass is 351 g/mol. The Morgan fingerprint density at radius 1 is 0.960 bits per heavy atom. The van der Waals surface area contributed by atoms with E-state index in [4.69, 9.17) is 4.74 Å². The molecule has 0 aliphatic carbocycles. The van der Waals surface area contributed by atoms with Gasteiger partial charge in [0, 0.05) is 17.0 Å². The number of amides is 1. The summed E-state index contributed by atoms with van der Waals surface area (Å²) in [4.78, 5) is 16.0. The van der Waals surface area contributed by atoms with Crippen LogP contribution in [0.3, 0.4) is 0 Å². The fourth-order valence-electron chi connectivity index (χ4n) is 2.74. The summed E-state index contributed by atoms with van der Waals surface area (Å²) < 4.78 is 5.44. The van der Waals surface area contributed by atoms with Gasteiger partial charge in [0.1, 0.15) is 5.75 Å². The molecule has 0 bridgehead atoms. The van der Waals surface area contributed by atoms with Crippen molar-refractivity contribution < 1.29 is 9.53 Å². The van der Waals surface area contributed by atoms with Gasteiger partial charge < -0.3 is 9.64 Å². The number of methoxy groups -OCH3 is 1. The Balaban J connectivity index is 1.80. The zero-order valence-corrected chi connectivity index (χ0v) is 15.0. The maximum Gasteiger partial charge on any atom is 0.227 e. The summed E-state index contributed by atoms with van der Waals surface area (Å²) >= 11 is 1.67. The Labute approximate surface area is 152 Å². The molecule has 128 valence electrons. The Hall–Kier alpha value is -2.59. The van der Waals surface area contributed by atoms with E-state index in [1.807, 2.05) is 70.9 Å². The lowest BCUT2D eigenvalue weighted by Crippen LogP contribution is -2.31. The number of nitrogens with zero attached hydrogens (tertiary/aromatic N) is 1. The van der Waals surface area contributed by atoms with Gasteiger partial charge in [-0.05, 0) is 23.1 Å². The molecule has 0 radical (unpaired) electrons. The number of rotatable bonds is 7. The fourth-order valence-corrected chi connectivity index (χ4v) is 3.46. The van der Waals surface area contributed by atoms with Crippen LogP contribution < -0.4 is 4.74 Å². The van der Waals surface area contributed by atoms with Crippen LogP contribution in [0.5, 0.6) is 5.75 Å². The molecule has 4 heteroatoms. The molecule has 1 aromatic heterocycles. The maximum atomic E-state index is 12.9. The lowest BCUT2D eigenvalue weighted by Gasteiger charge is -2.23. The Morgan fingerprint density at radius 3 is 2.44 bits per heavy atom. The average Bonchev–Trinajstić information content (AvgIpc) is 3.15. The van der Waals surface area contributed by atoms with Gasteiger partial charge in [0.05, 0.1) is 20.1 Å². The van der Waals surface area contributed by atoms with Crippen molar-refractivity contribution in [1.29, 1.82) is 0 Å². The number of benzene rings is 2. The molecule has 2 aromatic carbocycles. The second kappa shape index (κ2) is 8.49. The van der Waals surface area contributed by atoms with Gasteiger partial charge in [-0.15, -0.1) is 11.3 Å². The Kier molecular flexibility index (Phi) is 5.86. The normalized spacial score (nSPS) is 10.4. The summed E-state index contributed by atoms with van der Waals surface area (Å²) in [7, 11) is 1.66. The summed E-state index contributed by atoms with van der Waals surface area (Å²) in [6, 6.07) is 21.8. The van der Waals surface area contributed by atoms with Gasteiger partial charge in [0.25, 0.3) is 0 Å². The van der Waals surface area contributed by atoms with Gasteiger partial charge >= 0.3 is 0 Å². The first-order chi connectivity index (χ1) is 12.3. The van der Waals surface area contributed by atoms with Crippen LogP contribution in [0.4, 0.5) is 0 Å². The predicted octanol–water partition coefficient (Wildman–Crippen LogP) is 4.53. The molecule has 0 saturated carbocycles. The zero-order valence-electron chi connectivity index (χ0n) is 14.2. The van der Waals surface area contributed by atoms with Crippen molar-refractivity contribution >= 4 is 17.2 Å². The van der Waals surface area contributed by atoms with Crippen LogP contribution in [-0.4, -0.2) is 17.9 Å². The molecule has 0 aliphatic heterocycles. The molecule has 0 saturated heterocycles. The van der Waals surface area contributed by atoms with E-state index in [0.717, 1.165) is 16.9 Å². The van der Waals surface area contributed by atoms with Crippen molar-refractivity contribution in [3.8, 4) is 5.75 Å². The van der Waals surface area contributed by atoms with E-state index < -0.39 is 0 Å². The highest BCUT2D eigenvalue weighted by atomic mass is 32.1. The standard InChI is InChI=1S/C21H21NO2S/c1-24-20-12-6-5-10-18(20)15-22(16-19-11-7-13-25-19)21(23)14-17-8-3-2-4-9-17/h2-13H,14-16H2,1H3. The fraction of sp³-hybridized carbons (Fsp3) is 0.190. The van der Waals surface area contributed by atoms with Crippen LogP contribution in [-0.2, 0) is 24.3 Å². The van der Waals surface area contributed by atoms with Crippen LogP contribution in [0.2, 0.25) is 0 Å². The van der Waals surface area contributed by atoms with Crippen LogP contribution in [0.25, 0.3) is 0 Å². The summed E-state index contributed by atoms with van der Waals surface area (Å²) in [5, 5.41) is 2.04. The van der Waals surface area contributed by atoms with Crippen molar-refractivity contribution in [3.63, 3.8) is 0 Å². The van der Waals surface area contributed by atoms with Gasteiger partial charge in [-0.2, -0.15) is 0 Å². The highest BCUT2D eigenvalue weighted by Gasteiger charge is 2.17. The second-order valence-electron chi connectivity index (χ2n) is 5.80. The molecular weight excluding hydrogens is 330 g/mol. The molecule has 3 rings (SSSR count). The van der Waals surface area contributed by atoms with E-state index in [1.54, 1.807) is 18.4 Å². The van der Waals surface area contributed by atoms with Crippen molar-refractivity contribution in [2.24, 2.45) is 0 Å². The number of hydrogen-bond acceptors (Lipinski definition) is 3. The van der Waals surface area contributed by atoms with E-state index in [-0.39, 0.29) is 5.91 Å². The molecule has 0 aliphatic rings. The first-order valence-corrected chi connectivity index (χ1v) is 9.10. The van der Waals surface area contributed by atoms with Crippen LogP contribution in [0, 0.1) is 0 Å². The van der Waals surface area contributed by atoms with E-state index in [1.165, 1.54) is 4.88 Å². The Bertz CT molecular complexity index is 800. The van der Waals surface area contributed by atoms with E-state index >= 15 is 0 Å². The molecule has 25 heavy (non-hydrogen) atoms. The highest BCUT2D eigenvalue weighted by molar-refractivity contribution is 7.09. The minimum atomic E-state index is 0.116.